The van der Waals surface area contributed by atoms with Crippen molar-refractivity contribution in [3.8, 4) is 0 Å². The number of rotatable bonds is 2. The molecule has 0 aliphatic heterocycles. The molecule has 0 N–H and O–H groups in total. The van der Waals surface area contributed by atoms with E-state index in [1.807, 2.05) is 6.07 Å². The van der Waals surface area contributed by atoms with Gasteiger partial charge in [0, 0.05) is 0 Å². The van der Waals surface area contributed by atoms with Crippen molar-refractivity contribution in [3.05, 3.63) is 48.7 Å². The summed E-state index contributed by atoms with van der Waals surface area (Å²) in [6.07, 6.45) is 1.12. The minimum atomic E-state index is -0.374. The fraction of sp³-hybridized carbons (Fsp3) is 0. The van der Waals surface area contributed by atoms with Gasteiger partial charge in [0.25, 0.3) is 0 Å². The van der Waals surface area contributed by atoms with Gasteiger partial charge >= 0.3 is 29.0 Å². The van der Waals surface area contributed by atoms with E-state index in [2.05, 4.69) is 11.3 Å². The molecule has 0 radical (unpaired) electrons. The van der Waals surface area contributed by atoms with E-state index in [4.69, 9.17) is 0 Å². The number of ether oxygens (including phenoxy) is 1. The number of hydrogen-bond acceptors (Lipinski definition) is 2. The summed E-state index contributed by atoms with van der Waals surface area (Å²) in [4.78, 5) is 11.0. The zero-order valence-electron chi connectivity index (χ0n) is 8.69. The molecule has 0 saturated carbocycles. The number of hydrogen-bond donors (Lipinski definition) is 0. The molecule has 3 heteroatoms. The van der Waals surface area contributed by atoms with Crippen LogP contribution in [-0.2, 0) is 4.74 Å². The average Bonchev–Trinajstić information content (AvgIpc) is 2.07. The summed E-state index contributed by atoms with van der Waals surface area (Å²) in [5.41, 5.74) is 0.535. The van der Waals surface area contributed by atoms with E-state index in [0.717, 1.165) is 6.26 Å². The van der Waals surface area contributed by atoms with E-state index in [9.17, 15) is 4.79 Å². The minimum Gasteiger partial charge on any atom is -1.00 e. The molecule has 1 aromatic rings. The summed E-state index contributed by atoms with van der Waals surface area (Å²) >= 11 is 0. The number of carbonyl (C=O) groups is 1. The first-order valence-corrected chi connectivity index (χ1v) is 3.21. The van der Waals surface area contributed by atoms with Crippen molar-refractivity contribution in [2.75, 3.05) is 0 Å². The van der Waals surface area contributed by atoms with Crippen LogP contribution in [0, 0.1) is 0 Å². The molecule has 0 aliphatic carbocycles. The van der Waals surface area contributed by atoms with Crippen molar-refractivity contribution in [1.29, 1.82) is 0 Å². The third-order valence-electron chi connectivity index (χ3n) is 1.20. The van der Waals surface area contributed by atoms with Gasteiger partial charge in [-0.3, -0.25) is 0 Å². The molecule has 1 rings (SSSR count). The van der Waals surface area contributed by atoms with Crippen molar-refractivity contribution in [1.82, 2.24) is 0 Å². The molecule has 0 unspecified atom stereocenters. The smallest absolute Gasteiger partial charge is 1.00 e. The molecular weight excluding hydrogens is 164 g/mol. The quantitative estimate of drug-likeness (QED) is 0.388. The minimum absolute atomic E-state index is 0. The van der Waals surface area contributed by atoms with Gasteiger partial charge in [-0.15, -0.1) is 0 Å². The first kappa shape index (κ1) is 11.2. The van der Waals surface area contributed by atoms with Crippen molar-refractivity contribution in [3.63, 3.8) is 0 Å². The fourth-order valence-corrected chi connectivity index (χ4v) is 0.718. The Labute approximate surface area is 90.4 Å². The Morgan fingerprint density at radius 3 is 2.50 bits per heavy atom. The van der Waals surface area contributed by atoms with Crippen LogP contribution < -0.4 is 0 Å². The van der Waals surface area contributed by atoms with Gasteiger partial charge in [-0.05, 0) is 12.1 Å². The SMILES string of the molecule is C=COC(=O)c1ccccc1.[H-].[H-].[Mg+2]. The molecule has 1 aromatic carbocycles. The van der Waals surface area contributed by atoms with E-state index in [-0.39, 0.29) is 31.9 Å². The van der Waals surface area contributed by atoms with Crippen LogP contribution in [0.1, 0.15) is 13.2 Å². The Bertz CT molecular complexity index is 265. The van der Waals surface area contributed by atoms with Crippen LogP contribution >= 0.6 is 0 Å². The van der Waals surface area contributed by atoms with E-state index < -0.39 is 0 Å². The monoisotopic (exact) mass is 174 g/mol. The molecule has 0 aromatic heterocycles. The van der Waals surface area contributed by atoms with Gasteiger partial charge in [0.2, 0.25) is 0 Å². The second-order valence-corrected chi connectivity index (χ2v) is 1.94. The third kappa shape index (κ3) is 3.07. The van der Waals surface area contributed by atoms with Crippen LogP contribution in [0.2, 0.25) is 0 Å². The van der Waals surface area contributed by atoms with Crippen molar-refractivity contribution in [2.24, 2.45) is 0 Å². The molecule has 0 atom stereocenters. The summed E-state index contributed by atoms with van der Waals surface area (Å²) < 4.78 is 4.55. The van der Waals surface area contributed by atoms with Gasteiger partial charge in [-0.2, -0.15) is 0 Å². The molecule has 2 nitrogen and oxygen atoms in total. The van der Waals surface area contributed by atoms with Gasteiger partial charge < -0.3 is 7.59 Å². The Kier molecular flexibility index (Phi) is 5.41. The van der Waals surface area contributed by atoms with Gasteiger partial charge in [0.1, 0.15) is 0 Å². The summed E-state index contributed by atoms with van der Waals surface area (Å²) in [7, 11) is 0. The Balaban J connectivity index is -0.000000403. The summed E-state index contributed by atoms with van der Waals surface area (Å²) in [6, 6.07) is 8.77. The predicted molar refractivity (Wildman–Crippen MR) is 50.0 cm³/mol. The second-order valence-electron chi connectivity index (χ2n) is 1.94. The van der Waals surface area contributed by atoms with E-state index in [1.54, 1.807) is 24.3 Å². The summed E-state index contributed by atoms with van der Waals surface area (Å²) in [6.45, 7) is 3.28. The fourth-order valence-electron chi connectivity index (χ4n) is 0.718. The Morgan fingerprint density at radius 2 is 2.00 bits per heavy atom. The van der Waals surface area contributed by atoms with Crippen molar-refractivity contribution in [2.45, 2.75) is 0 Å². The molecule has 0 fully saturated rings. The number of esters is 1. The molecule has 0 aliphatic rings. The van der Waals surface area contributed by atoms with Gasteiger partial charge in [-0.25, -0.2) is 4.79 Å². The van der Waals surface area contributed by atoms with E-state index >= 15 is 0 Å². The van der Waals surface area contributed by atoms with Crippen molar-refractivity contribution >= 4 is 29.0 Å². The first-order valence-electron chi connectivity index (χ1n) is 3.21. The first-order chi connectivity index (χ1) is 5.34. The summed E-state index contributed by atoms with van der Waals surface area (Å²) in [5, 5.41) is 0. The van der Waals surface area contributed by atoms with Crippen LogP contribution in [0.3, 0.4) is 0 Å². The zero-order chi connectivity index (χ0) is 8.10. The molecule has 12 heavy (non-hydrogen) atoms. The topological polar surface area (TPSA) is 26.3 Å². The molecule has 0 bridgehead atoms. The van der Waals surface area contributed by atoms with Crippen molar-refractivity contribution < 1.29 is 12.4 Å². The normalized spacial score (nSPS) is 8.00. The standard InChI is InChI=1S/C9H8O2.Mg.2H/c1-2-11-9(10)8-6-4-3-5-7-8;;;/h2-7H,1H2;;;/q;+2;2*-1. The van der Waals surface area contributed by atoms with E-state index in [1.165, 1.54) is 0 Å². The zero-order valence-corrected chi connectivity index (χ0v) is 8.11. The third-order valence-corrected chi connectivity index (χ3v) is 1.20. The van der Waals surface area contributed by atoms with Crippen LogP contribution in [0.25, 0.3) is 0 Å². The second kappa shape index (κ2) is 5.80. The van der Waals surface area contributed by atoms with Crippen LogP contribution in [0.4, 0.5) is 0 Å². The van der Waals surface area contributed by atoms with Crippen LogP contribution in [0.5, 0.6) is 0 Å². The van der Waals surface area contributed by atoms with Gasteiger partial charge in [0.15, 0.2) is 0 Å². The number of carbonyl (C=O) groups excluding carboxylic acids is 1. The van der Waals surface area contributed by atoms with Gasteiger partial charge in [0.05, 0.1) is 11.8 Å². The Morgan fingerprint density at radius 1 is 1.42 bits per heavy atom. The maximum Gasteiger partial charge on any atom is 2.00 e. The molecule has 60 valence electrons. The summed E-state index contributed by atoms with van der Waals surface area (Å²) in [5.74, 6) is -0.374. The molecular formula is C9H10MgO2. The predicted octanol–water partition coefficient (Wildman–Crippen LogP) is 1.83. The average molecular weight is 174 g/mol. The van der Waals surface area contributed by atoms with Gasteiger partial charge in [-0.1, -0.05) is 24.8 Å². The molecule has 0 heterocycles. The molecule has 0 spiro atoms. The molecule has 0 amide bonds. The maximum atomic E-state index is 11.0. The largest absolute Gasteiger partial charge is 2.00 e. The maximum absolute atomic E-state index is 11.0. The van der Waals surface area contributed by atoms with Crippen LogP contribution in [0.15, 0.2) is 43.2 Å². The molecule has 0 saturated heterocycles. The number of benzene rings is 1. The van der Waals surface area contributed by atoms with Crippen LogP contribution in [-0.4, -0.2) is 29.0 Å². The van der Waals surface area contributed by atoms with E-state index in [0.29, 0.717) is 5.56 Å². The Hall–Kier alpha value is -0.804.